The Morgan fingerprint density at radius 3 is 2.62 bits per heavy atom. The van der Waals surface area contributed by atoms with Gasteiger partial charge in [-0.25, -0.2) is 4.68 Å². The molecule has 9 heteroatoms. The lowest BCUT2D eigenvalue weighted by Gasteiger charge is -2.35. The van der Waals surface area contributed by atoms with Crippen molar-refractivity contribution in [1.29, 1.82) is 0 Å². The maximum absolute atomic E-state index is 13.9. The molecule has 4 rings (SSSR count). The summed E-state index contributed by atoms with van der Waals surface area (Å²) in [5, 5.41) is 11.5. The maximum Gasteiger partial charge on any atom is 0.247 e. The average molecular weight is 508 g/mol. The van der Waals surface area contributed by atoms with Crippen molar-refractivity contribution < 1.29 is 19.1 Å². The number of ether oxygens (including phenoxy) is 2. The van der Waals surface area contributed by atoms with Crippen LogP contribution in [0.3, 0.4) is 0 Å². The first-order chi connectivity index (χ1) is 17.8. The number of carbonyl (C=O) groups is 2. The number of nitrogens with one attached hydrogen (secondary N) is 1. The van der Waals surface area contributed by atoms with Gasteiger partial charge in [-0.15, -0.1) is 5.10 Å². The van der Waals surface area contributed by atoms with E-state index in [0.29, 0.717) is 36.6 Å². The molecule has 2 aromatic carbocycles. The third kappa shape index (κ3) is 6.46. The lowest BCUT2D eigenvalue weighted by Crippen LogP contribution is -2.52. The summed E-state index contributed by atoms with van der Waals surface area (Å²) < 4.78 is 13.1. The Hall–Kier alpha value is -3.46. The van der Waals surface area contributed by atoms with Crippen LogP contribution in [0.2, 0.25) is 0 Å². The fourth-order valence-electron chi connectivity index (χ4n) is 4.49. The summed E-state index contributed by atoms with van der Waals surface area (Å²) in [5.41, 5.74) is 1.76. The highest BCUT2D eigenvalue weighted by Crippen LogP contribution is 2.28. The van der Waals surface area contributed by atoms with Gasteiger partial charge < -0.3 is 19.7 Å². The average Bonchev–Trinajstić information content (AvgIpc) is 3.55. The molecule has 1 aliphatic heterocycles. The molecule has 0 spiro atoms. The molecule has 1 aromatic heterocycles. The number of nitrogens with zero attached hydrogens (tertiary/aromatic N) is 4. The van der Waals surface area contributed by atoms with Gasteiger partial charge in [0.25, 0.3) is 0 Å². The van der Waals surface area contributed by atoms with Crippen LogP contribution < -0.4 is 10.1 Å². The van der Waals surface area contributed by atoms with Crippen LogP contribution in [-0.4, -0.2) is 63.1 Å². The van der Waals surface area contributed by atoms with Crippen LogP contribution in [0.1, 0.15) is 58.6 Å². The topological polar surface area (TPSA) is 98.6 Å². The molecule has 2 amide bonds. The Bertz CT molecular complexity index is 1200. The highest BCUT2D eigenvalue weighted by Gasteiger charge is 2.36. The van der Waals surface area contributed by atoms with E-state index >= 15 is 0 Å². The van der Waals surface area contributed by atoms with Gasteiger partial charge in [0.1, 0.15) is 23.9 Å². The number of hydrogen-bond acceptors (Lipinski definition) is 6. The van der Waals surface area contributed by atoms with Crippen molar-refractivity contribution in [2.24, 2.45) is 0 Å². The zero-order chi connectivity index (χ0) is 26.4. The first-order valence-electron chi connectivity index (χ1n) is 13.1. The minimum absolute atomic E-state index is 0.0365. The predicted octanol–water partition coefficient (Wildman–Crippen LogP) is 3.88. The summed E-state index contributed by atoms with van der Waals surface area (Å²) in [6, 6.07) is 14.1. The van der Waals surface area contributed by atoms with Crippen molar-refractivity contribution >= 4 is 22.8 Å². The zero-order valence-corrected chi connectivity index (χ0v) is 22.1. The Labute approximate surface area is 218 Å². The van der Waals surface area contributed by atoms with E-state index < -0.39 is 11.6 Å². The van der Waals surface area contributed by atoms with Gasteiger partial charge in [0, 0.05) is 18.7 Å². The molecule has 9 nitrogen and oxygen atoms in total. The molecule has 1 saturated heterocycles. The second kappa shape index (κ2) is 11.7. The molecular formula is C28H37N5O4. The Morgan fingerprint density at radius 1 is 1.19 bits per heavy atom. The lowest BCUT2D eigenvalue weighted by atomic mass is 9.98. The summed E-state index contributed by atoms with van der Waals surface area (Å²) in [4.78, 5) is 29.4. The van der Waals surface area contributed by atoms with E-state index in [1.54, 1.807) is 9.58 Å². The van der Waals surface area contributed by atoms with E-state index in [9.17, 15) is 9.59 Å². The van der Waals surface area contributed by atoms with E-state index in [0.717, 1.165) is 24.8 Å². The normalized spacial score (nSPS) is 16.5. The van der Waals surface area contributed by atoms with Gasteiger partial charge in [-0.3, -0.25) is 9.59 Å². The minimum atomic E-state index is -0.840. The molecule has 37 heavy (non-hydrogen) atoms. The van der Waals surface area contributed by atoms with E-state index in [2.05, 4.69) is 15.6 Å². The molecular weight excluding hydrogens is 470 g/mol. The van der Waals surface area contributed by atoms with Crippen LogP contribution in [0.4, 0.5) is 0 Å². The van der Waals surface area contributed by atoms with Gasteiger partial charge >= 0.3 is 0 Å². The number of para-hydroxylation sites is 1. The summed E-state index contributed by atoms with van der Waals surface area (Å²) in [7, 11) is 0. The number of hydrogen-bond donors (Lipinski definition) is 1. The number of amides is 2. The molecule has 1 N–H and O–H groups in total. The Morgan fingerprint density at radius 2 is 1.95 bits per heavy atom. The molecule has 198 valence electrons. The summed E-state index contributed by atoms with van der Waals surface area (Å²) in [6.07, 6.45) is 2.39. The second-order valence-electron chi connectivity index (χ2n) is 10.0. The van der Waals surface area contributed by atoms with Gasteiger partial charge in [0.05, 0.1) is 18.2 Å². The SMILES string of the molecule is CCOc1ccc([C@@H](C(=O)NC(C)(C)CC)N(C[C@@H]2CCCO2)C(=O)Cn2nnc3ccccc32)cc1. The molecule has 3 aromatic rings. The molecule has 0 bridgehead atoms. The van der Waals surface area contributed by atoms with Gasteiger partial charge in [-0.2, -0.15) is 0 Å². The van der Waals surface area contributed by atoms with Gasteiger partial charge in [0.15, 0.2) is 0 Å². The summed E-state index contributed by atoms with van der Waals surface area (Å²) in [6.45, 7) is 9.38. The van der Waals surface area contributed by atoms with Crippen molar-refractivity contribution in [3.05, 3.63) is 54.1 Å². The number of fused-ring (bicyclic) bond motifs is 1. The number of rotatable bonds is 11. The molecule has 0 saturated carbocycles. The first kappa shape index (κ1) is 26.6. The van der Waals surface area contributed by atoms with E-state index in [-0.39, 0.29) is 24.5 Å². The van der Waals surface area contributed by atoms with Crippen molar-refractivity contribution in [1.82, 2.24) is 25.2 Å². The molecule has 2 heterocycles. The fourth-order valence-corrected chi connectivity index (χ4v) is 4.49. The quantitative estimate of drug-likeness (QED) is 0.423. The smallest absolute Gasteiger partial charge is 0.247 e. The van der Waals surface area contributed by atoms with Gasteiger partial charge in [-0.1, -0.05) is 36.4 Å². The van der Waals surface area contributed by atoms with E-state index in [1.165, 1.54) is 0 Å². The van der Waals surface area contributed by atoms with Crippen molar-refractivity contribution in [3.8, 4) is 5.75 Å². The predicted molar refractivity (Wildman–Crippen MR) is 141 cm³/mol. The maximum atomic E-state index is 13.9. The fraction of sp³-hybridized carbons (Fsp3) is 0.500. The standard InChI is InChI=1S/C28H37N5O4/c1-5-28(3,4)29-27(35)26(20-13-15-21(16-14-20)36-6-2)32(18-22-10-9-17-37-22)25(34)19-33-24-12-8-7-11-23(24)30-31-33/h7-8,11-16,22,26H,5-6,9-10,17-19H2,1-4H3,(H,29,35)/t22-,26-/m0/s1. The third-order valence-corrected chi connectivity index (χ3v) is 6.86. The van der Waals surface area contributed by atoms with Crippen LogP contribution >= 0.6 is 0 Å². The van der Waals surface area contributed by atoms with Crippen LogP contribution in [0.5, 0.6) is 5.75 Å². The molecule has 0 unspecified atom stereocenters. The lowest BCUT2D eigenvalue weighted by molar-refractivity contribution is -0.144. The zero-order valence-electron chi connectivity index (χ0n) is 22.1. The van der Waals surface area contributed by atoms with Gasteiger partial charge in [0.2, 0.25) is 11.8 Å². The summed E-state index contributed by atoms with van der Waals surface area (Å²) >= 11 is 0. The number of benzene rings is 2. The third-order valence-electron chi connectivity index (χ3n) is 6.86. The molecule has 1 aliphatic rings. The number of carbonyl (C=O) groups excluding carboxylic acids is 2. The van der Waals surface area contributed by atoms with Crippen LogP contribution in [0, 0.1) is 0 Å². The molecule has 0 radical (unpaired) electrons. The molecule has 1 fully saturated rings. The minimum Gasteiger partial charge on any atom is -0.494 e. The highest BCUT2D eigenvalue weighted by atomic mass is 16.5. The van der Waals surface area contributed by atoms with Gasteiger partial charge in [-0.05, 0) is 69.9 Å². The number of aromatic nitrogens is 3. The molecule has 0 aliphatic carbocycles. The highest BCUT2D eigenvalue weighted by molar-refractivity contribution is 5.89. The molecule has 2 atom stereocenters. The van der Waals surface area contributed by atoms with Crippen LogP contribution in [0.15, 0.2) is 48.5 Å². The largest absolute Gasteiger partial charge is 0.494 e. The van der Waals surface area contributed by atoms with E-state index in [4.69, 9.17) is 9.47 Å². The first-order valence-corrected chi connectivity index (χ1v) is 13.1. The van der Waals surface area contributed by atoms with Crippen molar-refractivity contribution in [2.45, 2.75) is 71.2 Å². The monoisotopic (exact) mass is 507 g/mol. The van der Waals surface area contributed by atoms with E-state index in [1.807, 2.05) is 76.2 Å². The van der Waals surface area contributed by atoms with Crippen molar-refractivity contribution in [3.63, 3.8) is 0 Å². The Balaban J connectivity index is 1.71. The van der Waals surface area contributed by atoms with Crippen molar-refractivity contribution in [2.75, 3.05) is 19.8 Å². The second-order valence-corrected chi connectivity index (χ2v) is 10.0. The van der Waals surface area contributed by atoms with Crippen LogP contribution in [0.25, 0.3) is 11.0 Å². The van der Waals surface area contributed by atoms with Crippen LogP contribution in [-0.2, 0) is 20.9 Å². The Kier molecular flexibility index (Phi) is 8.43. The summed E-state index contributed by atoms with van der Waals surface area (Å²) in [5.74, 6) is 0.255.